The number of nitriles is 1. The molecule has 74 valence electrons. The van der Waals surface area contributed by atoms with Gasteiger partial charge >= 0.3 is 0 Å². The number of allylic oxidation sites excluding steroid dienone is 2. The lowest BCUT2D eigenvalue weighted by Gasteiger charge is -2.21. The van der Waals surface area contributed by atoms with Gasteiger partial charge in [0.05, 0.1) is 6.07 Å². The molecule has 0 unspecified atom stereocenters. The first-order valence-electron chi connectivity index (χ1n) is 4.90. The van der Waals surface area contributed by atoms with E-state index >= 15 is 0 Å². The predicted octanol–water partition coefficient (Wildman–Crippen LogP) is 2.09. The highest BCUT2D eigenvalue weighted by Gasteiger charge is 2.07. The number of hydrogen-bond donors (Lipinski definition) is 0. The molecule has 0 bridgehead atoms. The summed E-state index contributed by atoms with van der Waals surface area (Å²) in [5, 5.41) is 8.72. The Balaban J connectivity index is 2.76. The summed E-state index contributed by atoms with van der Waals surface area (Å²) in [4.78, 5) is 6.52. The Morgan fingerprint density at radius 1 is 1.50 bits per heavy atom. The van der Waals surface area contributed by atoms with Gasteiger partial charge in [-0.2, -0.15) is 5.26 Å². The maximum absolute atomic E-state index is 8.72. The third kappa shape index (κ3) is 2.46. The van der Waals surface area contributed by atoms with Gasteiger partial charge in [-0.15, -0.1) is 0 Å². The van der Waals surface area contributed by atoms with Crippen LogP contribution in [0.5, 0.6) is 0 Å². The Hall–Kier alpha value is -1.56. The zero-order valence-corrected chi connectivity index (χ0v) is 8.70. The van der Waals surface area contributed by atoms with Gasteiger partial charge < -0.3 is 4.90 Å². The Bertz CT molecular complexity index is 314. The number of hydrogen-bond acceptors (Lipinski definition) is 3. The molecule has 0 spiro atoms. The van der Waals surface area contributed by atoms with E-state index in [4.69, 9.17) is 5.26 Å². The molecule has 0 saturated carbocycles. The van der Waals surface area contributed by atoms with Crippen LogP contribution in [0.4, 0.5) is 0 Å². The van der Waals surface area contributed by atoms with E-state index < -0.39 is 0 Å². The predicted molar refractivity (Wildman–Crippen MR) is 57.8 cm³/mol. The third-order valence-electron chi connectivity index (χ3n) is 2.24. The fraction of sp³-hybridized carbons (Fsp3) is 0.455. The molecular weight excluding hydrogens is 174 g/mol. The van der Waals surface area contributed by atoms with Crippen molar-refractivity contribution in [2.75, 3.05) is 13.1 Å². The largest absolute Gasteiger partial charge is 0.360 e. The molecule has 0 amide bonds. The minimum Gasteiger partial charge on any atom is -0.360 e. The highest BCUT2D eigenvalue weighted by atomic mass is 15.2. The first kappa shape index (κ1) is 10.5. The van der Waals surface area contributed by atoms with E-state index in [0.717, 1.165) is 25.3 Å². The first-order valence-corrected chi connectivity index (χ1v) is 4.90. The van der Waals surface area contributed by atoms with Gasteiger partial charge in [-0.25, -0.2) is 4.99 Å². The topological polar surface area (TPSA) is 39.4 Å². The lowest BCUT2D eigenvalue weighted by atomic mass is 10.2. The monoisotopic (exact) mass is 189 g/mol. The molecule has 0 radical (unpaired) electrons. The van der Waals surface area contributed by atoms with Gasteiger partial charge in [0, 0.05) is 31.3 Å². The summed E-state index contributed by atoms with van der Waals surface area (Å²) in [6, 6.07) is 2.12. The standard InChI is InChI=1S/C11H15N3/c1-3-14(4-2)11-6-5-10(9-12)7-8-13-11/h5,7-8H,3-4,6H2,1-2H3. The van der Waals surface area contributed by atoms with Gasteiger partial charge in [-0.1, -0.05) is 6.08 Å². The highest BCUT2D eigenvalue weighted by molar-refractivity contribution is 5.85. The molecule has 3 heteroatoms. The summed E-state index contributed by atoms with van der Waals surface area (Å²) in [7, 11) is 0. The summed E-state index contributed by atoms with van der Waals surface area (Å²) in [6.07, 6.45) is 6.12. The summed E-state index contributed by atoms with van der Waals surface area (Å²) < 4.78 is 0. The van der Waals surface area contributed by atoms with E-state index in [-0.39, 0.29) is 0 Å². The highest BCUT2D eigenvalue weighted by Crippen LogP contribution is 2.07. The second-order valence-electron chi connectivity index (χ2n) is 3.01. The van der Waals surface area contributed by atoms with Crippen LogP contribution >= 0.6 is 0 Å². The summed E-state index contributed by atoms with van der Waals surface area (Å²) in [5.74, 6) is 1.04. The van der Waals surface area contributed by atoms with Crippen molar-refractivity contribution in [2.45, 2.75) is 20.3 Å². The Morgan fingerprint density at radius 2 is 2.21 bits per heavy atom. The van der Waals surface area contributed by atoms with E-state index in [9.17, 15) is 0 Å². The van der Waals surface area contributed by atoms with Crippen molar-refractivity contribution in [1.29, 1.82) is 5.26 Å². The van der Waals surface area contributed by atoms with E-state index in [0.29, 0.717) is 5.57 Å². The van der Waals surface area contributed by atoms with Crippen LogP contribution in [0.2, 0.25) is 0 Å². The number of nitrogens with zero attached hydrogens (tertiary/aromatic N) is 3. The Morgan fingerprint density at radius 3 is 2.79 bits per heavy atom. The smallest absolute Gasteiger partial charge is 0.108 e. The third-order valence-corrected chi connectivity index (χ3v) is 2.24. The molecule has 0 saturated heterocycles. The minimum atomic E-state index is 0.691. The molecule has 1 aliphatic rings. The van der Waals surface area contributed by atoms with Gasteiger partial charge in [0.15, 0.2) is 0 Å². The molecule has 1 rings (SSSR count). The summed E-state index contributed by atoms with van der Waals surface area (Å²) in [5.41, 5.74) is 0.691. The molecule has 0 aromatic carbocycles. The molecule has 1 aliphatic heterocycles. The fourth-order valence-electron chi connectivity index (χ4n) is 1.41. The van der Waals surface area contributed by atoms with Crippen molar-refractivity contribution < 1.29 is 0 Å². The van der Waals surface area contributed by atoms with E-state index in [1.807, 2.05) is 6.08 Å². The quantitative estimate of drug-likeness (QED) is 0.667. The molecule has 14 heavy (non-hydrogen) atoms. The van der Waals surface area contributed by atoms with Gasteiger partial charge in [-0.05, 0) is 19.9 Å². The normalized spacial score (nSPS) is 15.2. The fourth-order valence-corrected chi connectivity index (χ4v) is 1.41. The van der Waals surface area contributed by atoms with Crippen LogP contribution in [0.1, 0.15) is 20.3 Å². The van der Waals surface area contributed by atoms with Crippen LogP contribution in [0.3, 0.4) is 0 Å². The molecule has 0 atom stereocenters. The molecule has 0 aromatic rings. The molecule has 0 aliphatic carbocycles. The summed E-state index contributed by atoms with van der Waals surface area (Å²) in [6.45, 7) is 6.13. The molecule has 0 N–H and O–H groups in total. The second-order valence-corrected chi connectivity index (χ2v) is 3.01. The molecule has 0 aromatic heterocycles. The maximum Gasteiger partial charge on any atom is 0.108 e. The van der Waals surface area contributed by atoms with Crippen LogP contribution in [0.15, 0.2) is 28.9 Å². The maximum atomic E-state index is 8.72. The molecule has 1 heterocycles. The van der Waals surface area contributed by atoms with Gasteiger partial charge in [-0.3, -0.25) is 0 Å². The van der Waals surface area contributed by atoms with Crippen molar-refractivity contribution in [1.82, 2.24) is 4.90 Å². The SMILES string of the molecule is CCN(CC)C1=NC=CC(C#N)=CC1. The zero-order chi connectivity index (χ0) is 10.4. The van der Waals surface area contributed by atoms with Crippen molar-refractivity contribution >= 4 is 5.84 Å². The van der Waals surface area contributed by atoms with Crippen LogP contribution in [-0.2, 0) is 0 Å². The average Bonchev–Trinajstić information content (AvgIpc) is 2.45. The lowest BCUT2D eigenvalue weighted by Crippen LogP contribution is -2.29. The number of aliphatic imine (C=N–C) groups is 1. The number of rotatable bonds is 2. The van der Waals surface area contributed by atoms with Crippen molar-refractivity contribution in [2.24, 2.45) is 4.99 Å². The van der Waals surface area contributed by atoms with Crippen LogP contribution in [0, 0.1) is 11.3 Å². The van der Waals surface area contributed by atoms with Crippen LogP contribution < -0.4 is 0 Å². The number of amidine groups is 1. The van der Waals surface area contributed by atoms with Crippen molar-refractivity contribution in [3.8, 4) is 6.07 Å². The Kier molecular flexibility index (Phi) is 3.93. The molecule has 3 nitrogen and oxygen atoms in total. The van der Waals surface area contributed by atoms with Gasteiger partial charge in [0.25, 0.3) is 0 Å². The van der Waals surface area contributed by atoms with Gasteiger partial charge in [0.1, 0.15) is 5.84 Å². The average molecular weight is 189 g/mol. The second kappa shape index (κ2) is 5.23. The van der Waals surface area contributed by atoms with E-state index in [1.165, 1.54) is 0 Å². The van der Waals surface area contributed by atoms with Crippen LogP contribution in [0.25, 0.3) is 0 Å². The van der Waals surface area contributed by atoms with E-state index in [2.05, 4.69) is 29.8 Å². The zero-order valence-electron chi connectivity index (χ0n) is 8.70. The van der Waals surface area contributed by atoms with E-state index in [1.54, 1.807) is 12.3 Å². The molecule has 0 fully saturated rings. The first-order chi connectivity index (χ1) is 6.81. The van der Waals surface area contributed by atoms with Crippen LogP contribution in [-0.4, -0.2) is 23.8 Å². The summed E-state index contributed by atoms with van der Waals surface area (Å²) >= 11 is 0. The van der Waals surface area contributed by atoms with Crippen molar-refractivity contribution in [3.63, 3.8) is 0 Å². The van der Waals surface area contributed by atoms with Gasteiger partial charge in [0.2, 0.25) is 0 Å². The minimum absolute atomic E-state index is 0.691. The lowest BCUT2D eigenvalue weighted by molar-refractivity contribution is 0.459. The van der Waals surface area contributed by atoms with Crippen molar-refractivity contribution in [3.05, 3.63) is 23.9 Å². The molecular formula is C11H15N3. The Labute approximate surface area is 85.1 Å².